The lowest BCUT2D eigenvalue weighted by Crippen LogP contribution is -2.32. The van der Waals surface area contributed by atoms with Gasteiger partial charge in [-0.3, -0.25) is 4.90 Å². The Hall–Kier alpha value is -0.240. The van der Waals surface area contributed by atoms with Crippen LogP contribution in [0, 0.1) is 0 Å². The fourth-order valence-electron chi connectivity index (χ4n) is 1.50. The summed E-state index contributed by atoms with van der Waals surface area (Å²) in [5.41, 5.74) is 1.24. The molecule has 0 heterocycles. The molecular formula is C12H17Cl2N. The van der Waals surface area contributed by atoms with Crippen molar-refractivity contribution < 1.29 is 0 Å². The van der Waals surface area contributed by atoms with Crippen LogP contribution in [0.4, 0.5) is 0 Å². The molecule has 0 saturated heterocycles. The van der Waals surface area contributed by atoms with Crippen LogP contribution in [0.5, 0.6) is 0 Å². The highest BCUT2D eigenvalue weighted by atomic mass is 35.5. The van der Waals surface area contributed by atoms with Gasteiger partial charge in [0.25, 0.3) is 0 Å². The average Bonchev–Trinajstić information content (AvgIpc) is 2.17. The third-order valence-electron chi connectivity index (χ3n) is 2.38. The van der Waals surface area contributed by atoms with E-state index in [1.165, 1.54) is 5.56 Å². The van der Waals surface area contributed by atoms with Gasteiger partial charge < -0.3 is 0 Å². The molecule has 0 bridgehead atoms. The SMILES string of the molecule is CC(C)N(CCCl)Cc1cccc(Cl)c1. The van der Waals surface area contributed by atoms with Crippen LogP contribution in [0.25, 0.3) is 0 Å². The molecule has 0 N–H and O–H groups in total. The Balaban J connectivity index is 2.65. The van der Waals surface area contributed by atoms with Gasteiger partial charge in [0.1, 0.15) is 0 Å². The molecule has 0 radical (unpaired) electrons. The van der Waals surface area contributed by atoms with Gasteiger partial charge in [0.15, 0.2) is 0 Å². The molecule has 0 aliphatic rings. The van der Waals surface area contributed by atoms with Gasteiger partial charge in [-0.2, -0.15) is 0 Å². The maximum Gasteiger partial charge on any atom is 0.0409 e. The van der Waals surface area contributed by atoms with E-state index in [9.17, 15) is 0 Å². The van der Waals surface area contributed by atoms with Crippen molar-refractivity contribution in [2.24, 2.45) is 0 Å². The summed E-state index contributed by atoms with van der Waals surface area (Å²) in [5.74, 6) is 0.665. The van der Waals surface area contributed by atoms with Crippen LogP contribution >= 0.6 is 23.2 Å². The van der Waals surface area contributed by atoms with Crippen molar-refractivity contribution in [3.05, 3.63) is 34.9 Å². The average molecular weight is 246 g/mol. The summed E-state index contributed by atoms with van der Waals surface area (Å²) in [6.45, 7) is 6.17. The van der Waals surface area contributed by atoms with Crippen LogP contribution in [0.3, 0.4) is 0 Å². The van der Waals surface area contributed by atoms with Crippen LogP contribution in [0.15, 0.2) is 24.3 Å². The highest BCUT2D eigenvalue weighted by Gasteiger charge is 2.09. The number of alkyl halides is 1. The van der Waals surface area contributed by atoms with E-state index in [1.807, 2.05) is 18.2 Å². The molecule has 0 atom stereocenters. The van der Waals surface area contributed by atoms with E-state index in [2.05, 4.69) is 24.8 Å². The summed E-state index contributed by atoms with van der Waals surface area (Å²) in [4.78, 5) is 2.33. The number of nitrogens with zero attached hydrogens (tertiary/aromatic N) is 1. The first-order valence-corrected chi connectivity index (χ1v) is 6.09. The van der Waals surface area contributed by atoms with Gasteiger partial charge in [0, 0.05) is 30.0 Å². The topological polar surface area (TPSA) is 3.24 Å². The number of benzene rings is 1. The van der Waals surface area contributed by atoms with E-state index in [0.29, 0.717) is 11.9 Å². The first kappa shape index (κ1) is 12.8. The van der Waals surface area contributed by atoms with Gasteiger partial charge in [-0.25, -0.2) is 0 Å². The minimum absolute atomic E-state index is 0.503. The number of hydrogen-bond acceptors (Lipinski definition) is 1. The summed E-state index contributed by atoms with van der Waals surface area (Å²) in [6.07, 6.45) is 0. The lowest BCUT2D eigenvalue weighted by atomic mass is 10.2. The molecule has 0 aliphatic carbocycles. The lowest BCUT2D eigenvalue weighted by molar-refractivity contribution is 0.226. The molecule has 1 nitrogen and oxygen atoms in total. The van der Waals surface area contributed by atoms with Gasteiger partial charge in [-0.15, -0.1) is 11.6 Å². The fourth-order valence-corrected chi connectivity index (χ4v) is 1.93. The van der Waals surface area contributed by atoms with Crippen LogP contribution < -0.4 is 0 Å². The Morgan fingerprint density at radius 1 is 1.33 bits per heavy atom. The zero-order chi connectivity index (χ0) is 11.3. The molecule has 1 rings (SSSR count). The maximum absolute atomic E-state index is 5.94. The van der Waals surface area contributed by atoms with Gasteiger partial charge in [-0.05, 0) is 31.5 Å². The zero-order valence-corrected chi connectivity index (χ0v) is 10.7. The molecule has 15 heavy (non-hydrogen) atoms. The molecule has 0 spiro atoms. The molecule has 0 fully saturated rings. The maximum atomic E-state index is 5.94. The molecule has 84 valence electrons. The molecule has 0 amide bonds. The first-order valence-electron chi connectivity index (χ1n) is 5.18. The van der Waals surface area contributed by atoms with Gasteiger partial charge in [0.2, 0.25) is 0 Å². The van der Waals surface area contributed by atoms with E-state index in [4.69, 9.17) is 23.2 Å². The van der Waals surface area contributed by atoms with E-state index in [-0.39, 0.29) is 0 Å². The Bertz CT molecular complexity index is 299. The second-order valence-electron chi connectivity index (χ2n) is 3.88. The van der Waals surface area contributed by atoms with Crippen molar-refractivity contribution in [3.8, 4) is 0 Å². The van der Waals surface area contributed by atoms with Gasteiger partial charge in [0.05, 0.1) is 0 Å². The summed E-state index contributed by atoms with van der Waals surface area (Å²) in [7, 11) is 0. The van der Waals surface area contributed by atoms with Crippen molar-refractivity contribution in [1.29, 1.82) is 0 Å². The lowest BCUT2D eigenvalue weighted by Gasteiger charge is -2.25. The summed E-state index contributed by atoms with van der Waals surface area (Å²) in [6, 6.07) is 8.48. The quantitative estimate of drug-likeness (QED) is 0.714. The summed E-state index contributed by atoms with van der Waals surface area (Å²) in [5, 5.41) is 0.794. The number of rotatable bonds is 5. The molecule has 0 saturated carbocycles. The van der Waals surface area contributed by atoms with Crippen molar-refractivity contribution >= 4 is 23.2 Å². The van der Waals surface area contributed by atoms with E-state index in [1.54, 1.807) is 0 Å². The third-order valence-corrected chi connectivity index (χ3v) is 2.78. The molecule has 0 aliphatic heterocycles. The van der Waals surface area contributed by atoms with Crippen molar-refractivity contribution in [3.63, 3.8) is 0 Å². The normalized spacial score (nSPS) is 11.3. The molecule has 1 aromatic carbocycles. The number of halogens is 2. The molecule has 3 heteroatoms. The van der Waals surface area contributed by atoms with Crippen LogP contribution in [-0.4, -0.2) is 23.4 Å². The van der Waals surface area contributed by atoms with Crippen LogP contribution in [-0.2, 0) is 6.54 Å². The summed E-state index contributed by atoms with van der Waals surface area (Å²) < 4.78 is 0. The Morgan fingerprint density at radius 3 is 2.60 bits per heavy atom. The highest BCUT2D eigenvalue weighted by molar-refractivity contribution is 6.30. The van der Waals surface area contributed by atoms with Crippen LogP contribution in [0.2, 0.25) is 5.02 Å². The summed E-state index contributed by atoms with van der Waals surface area (Å²) >= 11 is 11.7. The van der Waals surface area contributed by atoms with Crippen molar-refractivity contribution in [1.82, 2.24) is 4.90 Å². The molecule has 1 aromatic rings. The van der Waals surface area contributed by atoms with E-state index >= 15 is 0 Å². The van der Waals surface area contributed by atoms with Crippen molar-refractivity contribution in [2.45, 2.75) is 26.4 Å². The number of hydrogen-bond donors (Lipinski definition) is 0. The van der Waals surface area contributed by atoms with E-state index in [0.717, 1.165) is 18.1 Å². The Kier molecular flexibility index (Phi) is 5.44. The van der Waals surface area contributed by atoms with Crippen LogP contribution in [0.1, 0.15) is 19.4 Å². The molecular weight excluding hydrogens is 229 g/mol. The minimum atomic E-state index is 0.503. The van der Waals surface area contributed by atoms with Gasteiger partial charge >= 0.3 is 0 Å². The predicted molar refractivity (Wildman–Crippen MR) is 67.7 cm³/mol. The smallest absolute Gasteiger partial charge is 0.0409 e. The van der Waals surface area contributed by atoms with Crippen molar-refractivity contribution in [2.75, 3.05) is 12.4 Å². The third kappa shape index (κ3) is 4.42. The largest absolute Gasteiger partial charge is 0.296 e. The highest BCUT2D eigenvalue weighted by Crippen LogP contribution is 2.14. The standard InChI is InChI=1S/C12H17Cl2N/c1-10(2)15(7-6-13)9-11-4-3-5-12(14)8-11/h3-5,8,10H,6-7,9H2,1-2H3. The first-order chi connectivity index (χ1) is 7.13. The van der Waals surface area contributed by atoms with E-state index < -0.39 is 0 Å². The Morgan fingerprint density at radius 2 is 2.07 bits per heavy atom. The van der Waals surface area contributed by atoms with Gasteiger partial charge in [-0.1, -0.05) is 23.7 Å². The fraction of sp³-hybridized carbons (Fsp3) is 0.500. The minimum Gasteiger partial charge on any atom is -0.296 e. The zero-order valence-electron chi connectivity index (χ0n) is 9.21. The molecule has 0 aromatic heterocycles. The molecule has 0 unspecified atom stereocenters. The second-order valence-corrected chi connectivity index (χ2v) is 4.70. The second kappa shape index (κ2) is 6.37. The monoisotopic (exact) mass is 245 g/mol. The Labute approximate surface area is 102 Å². The predicted octanol–water partition coefficient (Wildman–Crippen LogP) is 3.79.